The van der Waals surface area contributed by atoms with Gasteiger partial charge in [-0.3, -0.25) is 14.0 Å². The molecule has 0 aliphatic carbocycles. The van der Waals surface area contributed by atoms with Crippen LogP contribution >= 0.6 is 0 Å². The van der Waals surface area contributed by atoms with Crippen LogP contribution in [0.15, 0.2) is 36.7 Å². The Labute approximate surface area is 160 Å². The second kappa shape index (κ2) is 6.45. The first-order valence-corrected chi connectivity index (χ1v) is 9.24. The third kappa shape index (κ3) is 2.75. The molecule has 28 heavy (non-hydrogen) atoms. The Balaban J connectivity index is 1.50. The van der Waals surface area contributed by atoms with Gasteiger partial charge in [0.25, 0.3) is 5.91 Å². The third-order valence-corrected chi connectivity index (χ3v) is 5.35. The Morgan fingerprint density at radius 3 is 2.93 bits per heavy atom. The molecule has 2 atom stereocenters. The van der Waals surface area contributed by atoms with Crippen LogP contribution in [0, 0.1) is 5.92 Å². The highest BCUT2D eigenvalue weighted by molar-refractivity contribution is 5.95. The van der Waals surface area contributed by atoms with Gasteiger partial charge in [0.1, 0.15) is 0 Å². The minimum atomic E-state index is -0.339. The Morgan fingerprint density at radius 1 is 1.21 bits per heavy atom. The molecule has 0 saturated carbocycles. The number of carbonyl (C=O) groups excluding carboxylic acids is 2. The SMILES string of the molecule is Cn1cccc1-c1nnc2ccc(C(=O)N3C[C@H]4COC[C@@H](C3)C(=O)N4)cn12. The molecule has 0 aromatic carbocycles. The van der Waals surface area contributed by atoms with Gasteiger partial charge in [-0.25, -0.2) is 0 Å². The van der Waals surface area contributed by atoms with Crippen LogP contribution in [-0.2, 0) is 16.6 Å². The van der Waals surface area contributed by atoms with Crippen LogP contribution in [0.1, 0.15) is 10.4 Å². The summed E-state index contributed by atoms with van der Waals surface area (Å²) in [6.45, 7) is 1.56. The highest BCUT2D eigenvalue weighted by atomic mass is 16.5. The van der Waals surface area contributed by atoms with Crippen LogP contribution < -0.4 is 5.32 Å². The summed E-state index contributed by atoms with van der Waals surface area (Å²) < 4.78 is 9.32. The maximum absolute atomic E-state index is 13.2. The van der Waals surface area contributed by atoms with E-state index in [1.807, 2.05) is 34.3 Å². The van der Waals surface area contributed by atoms with Crippen LogP contribution in [0.5, 0.6) is 0 Å². The molecule has 2 amide bonds. The van der Waals surface area contributed by atoms with E-state index in [1.165, 1.54) is 0 Å². The van der Waals surface area contributed by atoms with Gasteiger partial charge in [0.05, 0.1) is 36.4 Å². The first-order valence-electron chi connectivity index (χ1n) is 9.24. The number of carbonyl (C=O) groups is 2. The second-order valence-electron chi connectivity index (χ2n) is 7.32. The zero-order valence-corrected chi connectivity index (χ0v) is 15.4. The molecule has 1 N–H and O–H groups in total. The lowest BCUT2D eigenvalue weighted by atomic mass is 10.1. The average Bonchev–Trinajstić information content (AvgIpc) is 3.19. The van der Waals surface area contributed by atoms with E-state index in [-0.39, 0.29) is 23.8 Å². The summed E-state index contributed by atoms with van der Waals surface area (Å²) in [6.07, 6.45) is 3.71. The van der Waals surface area contributed by atoms with Gasteiger partial charge in [0.15, 0.2) is 11.5 Å². The number of ether oxygens (including phenoxy) is 1. The maximum Gasteiger partial charge on any atom is 0.255 e. The number of hydrogen-bond donors (Lipinski definition) is 1. The fourth-order valence-electron chi connectivity index (χ4n) is 3.86. The molecule has 144 valence electrons. The molecule has 5 heterocycles. The molecular weight excluding hydrogens is 360 g/mol. The van der Waals surface area contributed by atoms with Gasteiger partial charge in [-0.05, 0) is 24.3 Å². The Hall–Kier alpha value is -3.20. The van der Waals surface area contributed by atoms with Crippen LogP contribution in [-0.4, -0.2) is 68.2 Å². The molecule has 2 fully saturated rings. The van der Waals surface area contributed by atoms with E-state index in [2.05, 4.69) is 15.5 Å². The van der Waals surface area contributed by atoms with Crippen molar-refractivity contribution in [1.29, 1.82) is 0 Å². The van der Waals surface area contributed by atoms with Gasteiger partial charge < -0.3 is 19.5 Å². The van der Waals surface area contributed by atoms with Crippen molar-refractivity contribution in [3.63, 3.8) is 0 Å². The van der Waals surface area contributed by atoms with E-state index in [9.17, 15) is 9.59 Å². The molecule has 3 aromatic rings. The number of hydrogen-bond acceptors (Lipinski definition) is 5. The van der Waals surface area contributed by atoms with Crippen molar-refractivity contribution in [2.24, 2.45) is 13.0 Å². The maximum atomic E-state index is 13.2. The van der Waals surface area contributed by atoms with Crippen molar-refractivity contribution in [3.8, 4) is 11.5 Å². The number of rotatable bonds is 2. The third-order valence-electron chi connectivity index (χ3n) is 5.35. The lowest BCUT2D eigenvalue weighted by molar-refractivity contribution is -0.125. The molecular formula is C19H20N6O3. The summed E-state index contributed by atoms with van der Waals surface area (Å²) in [5, 5.41) is 11.4. The van der Waals surface area contributed by atoms with E-state index in [1.54, 1.807) is 23.2 Å². The second-order valence-corrected chi connectivity index (χ2v) is 7.32. The summed E-state index contributed by atoms with van der Waals surface area (Å²) in [5.41, 5.74) is 2.12. The summed E-state index contributed by atoms with van der Waals surface area (Å²) in [5.74, 6) is 0.184. The molecule has 2 aliphatic rings. The van der Waals surface area contributed by atoms with Crippen molar-refractivity contribution < 1.29 is 14.3 Å². The van der Waals surface area contributed by atoms with Crippen molar-refractivity contribution in [2.45, 2.75) is 6.04 Å². The quantitative estimate of drug-likeness (QED) is 0.691. The molecule has 9 nitrogen and oxygen atoms in total. The molecule has 0 radical (unpaired) electrons. The number of aromatic nitrogens is 4. The van der Waals surface area contributed by atoms with Gasteiger partial charge in [-0.15, -0.1) is 10.2 Å². The molecule has 0 spiro atoms. The standard InChI is InChI=1S/C19H20N6O3/c1-23-6-2-3-15(23)17-22-21-16-5-4-12(8-25(16)17)19(27)24-7-13-10-28-11-14(9-24)20-18(13)26/h2-6,8,13-14H,7,9-11H2,1H3,(H,20,26)/t13-,14+/m1/s1. The highest BCUT2D eigenvalue weighted by Gasteiger charge is 2.35. The number of nitrogens with one attached hydrogen (secondary N) is 1. The van der Waals surface area contributed by atoms with Gasteiger partial charge in [-0.1, -0.05) is 0 Å². The van der Waals surface area contributed by atoms with Gasteiger partial charge in [0, 0.05) is 32.5 Å². The molecule has 2 aliphatic heterocycles. The highest BCUT2D eigenvalue weighted by Crippen LogP contribution is 2.21. The monoisotopic (exact) mass is 380 g/mol. The van der Waals surface area contributed by atoms with Crippen molar-refractivity contribution in [1.82, 2.24) is 29.4 Å². The van der Waals surface area contributed by atoms with Crippen LogP contribution in [0.4, 0.5) is 0 Å². The lowest BCUT2D eigenvalue weighted by Gasteiger charge is -2.27. The number of amides is 2. The van der Waals surface area contributed by atoms with Gasteiger partial charge >= 0.3 is 0 Å². The van der Waals surface area contributed by atoms with Crippen molar-refractivity contribution in [2.75, 3.05) is 26.3 Å². The molecule has 0 unspecified atom stereocenters. The fraction of sp³-hybridized carbons (Fsp3) is 0.368. The first kappa shape index (κ1) is 16.9. The van der Waals surface area contributed by atoms with E-state index in [0.29, 0.717) is 43.3 Å². The average molecular weight is 380 g/mol. The largest absolute Gasteiger partial charge is 0.378 e. The molecule has 5 rings (SSSR count). The van der Waals surface area contributed by atoms with Gasteiger partial charge in [-0.2, -0.15) is 0 Å². The molecule has 2 bridgehead atoms. The van der Waals surface area contributed by atoms with E-state index in [0.717, 1.165) is 5.69 Å². The predicted octanol–water partition coefficient (Wildman–Crippen LogP) is 0.322. The topological polar surface area (TPSA) is 93.8 Å². The van der Waals surface area contributed by atoms with E-state index in [4.69, 9.17) is 4.74 Å². The first-order chi connectivity index (χ1) is 13.6. The van der Waals surface area contributed by atoms with Crippen molar-refractivity contribution in [3.05, 3.63) is 42.2 Å². The molecule has 9 heteroatoms. The fourth-order valence-corrected chi connectivity index (χ4v) is 3.86. The summed E-state index contributed by atoms with van der Waals surface area (Å²) in [7, 11) is 1.94. The smallest absolute Gasteiger partial charge is 0.255 e. The zero-order chi connectivity index (χ0) is 19.3. The number of pyridine rings is 1. The van der Waals surface area contributed by atoms with E-state index >= 15 is 0 Å². The summed E-state index contributed by atoms with van der Waals surface area (Å²) in [4.78, 5) is 27.1. The summed E-state index contributed by atoms with van der Waals surface area (Å²) >= 11 is 0. The van der Waals surface area contributed by atoms with Crippen LogP contribution in [0.25, 0.3) is 17.2 Å². The molecule has 2 saturated heterocycles. The van der Waals surface area contributed by atoms with Crippen LogP contribution in [0.2, 0.25) is 0 Å². The van der Waals surface area contributed by atoms with Crippen LogP contribution in [0.3, 0.4) is 0 Å². The normalized spacial score (nSPS) is 22.2. The zero-order valence-electron chi connectivity index (χ0n) is 15.4. The predicted molar refractivity (Wildman–Crippen MR) is 99.5 cm³/mol. The Bertz CT molecular complexity index is 1070. The minimum absolute atomic E-state index is 0.0435. The Morgan fingerprint density at radius 2 is 2.11 bits per heavy atom. The number of aryl methyl sites for hydroxylation is 1. The Kier molecular flexibility index (Phi) is 3.90. The van der Waals surface area contributed by atoms with E-state index < -0.39 is 0 Å². The lowest BCUT2D eigenvalue weighted by Crippen LogP contribution is -2.44. The molecule has 3 aromatic heterocycles. The minimum Gasteiger partial charge on any atom is -0.378 e. The summed E-state index contributed by atoms with van der Waals surface area (Å²) in [6, 6.07) is 7.26. The van der Waals surface area contributed by atoms with Gasteiger partial charge in [0.2, 0.25) is 5.91 Å². The van der Waals surface area contributed by atoms with Crippen molar-refractivity contribution >= 4 is 17.5 Å². The number of fused-ring (bicyclic) bond motifs is 4. The number of nitrogens with zero attached hydrogens (tertiary/aromatic N) is 5.